The summed E-state index contributed by atoms with van der Waals surface area (Å²) < 4.78 is 13.9. The van der Waals surface area contributed by atoms with E-state index >= 15 is 0 Å². The third-order valence-electron chi connectivity index (χ3n) is 6.03. The molecular formula is C26H33FN2O2S. The van der Waals surface area contributed by atoms with E-state index in [4.69, 9.17) is 0 Å². The Morgan fingerprint density at radius 3 is 2.47 bits per heavy atom. The van der Waals surface area contributed by atoms with E-state index in [9.17, 15) is 14.0 Å². The highest BCUT2D eigenvalue weighted by Crippen LogP contribution is 2.20. The first kappa shape index (κ1) is 24.3. The largest absolute Gasteiger partial charge is 0.352 e. The van der Waals surface area contributed by atoms with Crippen molar-refractivity contribution in [2.24, 2.45) is 0 Å². The molecule has 4 nitrogen and oxygen atoms in total. The Kier molecular flexibility index (Phi) is 9.15. The van der Waals surface area contributed by atoms with Gasteiger partial charge in [-0.25, -0.2) is 4.39 Å². The van der Waals surface area contributed by atoms with Gasteiger partial charge in [-0.2, -0.15) is 0 Å². The molecule has 0 bridgehead atoms. The predicted molar refractivity (Wildman–Crippen MR) is 129 cm³/mol. The molecule has 0 heterocycles. The second-order valence-corrected chi connectivity index (χ2v) is 9.60. The summed E-state index contributed by atoms with van der Waals surface area (Å²) in [6.45, 7) is 4.19. The van der Waals surface area contributed by atoms with Crippen LogP contribution in [0.5, 0.6) is 0 Å². The summed E-state index contributed by atoms with van der Waals surface area (Å²) in [5.41, 5.74) is 2.72. The average Bonchev–Trinajstić information content (AvgIpc) is 2.80. The van der Waals surface area contributed by atoms with Crippen molar-refractivity contribution in [1.29, 1.82) is 0 Å². The molecule has 0 spiro atoms. The molecule has 1 N–H and O–H groups in total. The molecule has 172 valence electrons. The molecule has 2 aromatic carbocycles. The number of carbonyl (C=O) groups is 2. The molecular weight excluding hydrogens is 423 g/mol. The van der Waals surface area contributed by atoms with Gasteiger partial charge in [0, 0.05) is 18.3 Å². The second kappa shape index (κ2) is 12.0. The fourth-order valence-electron chi connectivity index (χ4n) is 3.99. The lowest BCUT2D eigenvalue weighted by Gasteiger charge is -2.31. The van der Waals surface area contributed by atoms with Gasteiger partial charge in [0.15, 0.2) is 0 Å². The highest BCUT2D eigenvalue weighted by Gasteiger charge is 2.28. The van der Waals surface area contributed by atoms with Crippen molar-refractivity contribution in [3.8, 4) is 0 Å². The molecule has 1 aliphatic rings. The lowest BCUT2D eigenvalue weighted by Crippen LogP contribution is -2.50. The molecule has 0 radical (unpaired) electrons. The Bertz CT molecular complexity index is 897. The van der Waals surface area contributed by atoms with Crippen LogP contribution in [0.2, 0.25) is 0 Å². The summed E-state index contributed by atoms with van der Waals surface area (Å²) in [4.78, 5) is 27.8. The number of hydrogen-bond donors (Lipinski definition) is 1. The zero-order chi connectivity index (χ0) is 22.9. The minimum Gasteiger partial charge on any atom is -0.352 e. The van der Waals surface area contributed by atoms with Gasteiger partial charge in [-0.05, 0) is 43.9 Å². The van der Waals surface area contributed by atoms with Gasteiger partial charge in [0.05, 0.1) is 5.75 Å². The normalized spacial score (nSPS) is 15.2. The maximum absolute atomic E-state index is 13.9. The number of hydrogen-bond acceptors (Lipinski definition) is 3. The summed E-state index contributed by atoms with van der Waals surface area (Å²) >= 11 is 1.37. The van der Waals surface area contributed by atoms with Crippen molar-refractivity contribution in [2.75, 3.05) is 5.75 Å². The maximum Gasteiger partial charge on any atom is 0.242 e. The fourth-order valence-corrected chi connectivity index (χ4v) is 4.88. The van der Waals surface area contributed by atoms with Gasteiger partial charge in [-0.15, -0.1) is 11.8 Å². The predicted octanol–water partition coefficient (Wildman–Crippen LogP) is 5.23. The van der Waals surface area contributed by atoms with E-state index in [1.54, 1.807) is 30.0 Å². The minimum atomic E-state index is -0.570. The number of nitrogens with zero attached hydrogens (tertiary/aromatic N) is 1. The maximum atomic E-state index is 13.9. The average molecular weight is 457 g/mol. The second-order valence-electron chi connectivity index (χ2n) is 8.61. The lowest BCUT2D eigenvalue weighted by atomic mass is 9.95. The van der Waals surface area contributed by atoms with Crippen LogP contribution < -0.4 is 5.32 Å². The fraction of sp³-hybridized carbons (Fsp3) is 0.462. The van der Waals surface area contributed by atoms with E-state index in [1.807, 2.05) is 31.2 Å². The van der Waals surface area contributed by atoms with E-state index in [-0.39, 0.29) is 29.4 Å². The highest BCUT2D eigenvalue weighted by molar-refractivity contribution is 7.99. The van der Waals surface area contributed by atoms with Crippen molar-refractivity contribution in [1.82, 2.24) is 10.2 Å². The molecule has 2 aromatic rings. The molecule has 6 heteroatoms. The zero-order valence-electron chi connectivity index (χ0n) is 19.0. The van der Waals surface area contributed by atoms with Crippen molar-refractivity contribution >= 4 is 23.6 Å². The number of rotatable bonds is 9. The number of aryl methyl sites for hydroxylation is 1. The Morgan fingerprint density at radius 1 is 1.09 bits per heavy atom. The molecule has 32 heavy (non-hydrogen) atoms. The molecule has 3 rings (SSSR count). The first-order valence-corrected chi connectivity index (χ1v) is 12.6. The molecule has 0 aromatic heterocycles. The molecule has 2 amide bonds. The minimum absolute atomic E-state index is 0.100. The van der Waals surface area contributed by atoms with Gasteiger partial charge < -0.3 is 10.2 Å². The van der Waals surface area contributed by atoms with Gasteiger partial charge in [-0.3, -0.25) is 9.59 Å². The van der Waals surface area contributed by atoms with Crippen LogP contribution in [0, 0.1) is 12.7 Å². The van der Waals surface area contributed by atoms with Gasteiger partial charge in [0.1, 0.15) is 11.9 Å². The van der Waals surface area contributed by atoms with E-state index in [2.05, 4.69) is 5.32 Å². The summed E-state index contributed by atoms with van der Waals surface area (Å²) in [6.07, 6.45) is 5.50. The SMILES string of the molecule is Cc1ccc(CN(C(=O)CSCc2ccccc2F)[C@H](C)C(=O)NC2CCCCC2)cc1. The van der Waals surface area contributed by atoms with Crippen LogP contribution in [0.3, 0.4) is 0 Å². The Balaban J connectivity index is 1.65. The number of nitrogens with one attached hydrogen (secondary N) is 1. The van der Waals surface area contributed by atoms with Crippen molar-refractivity contribution in [3.63, 3.8) is 0 Å². The van der Waals surface area contributed by atoms with Crippen LogP contribution in [0.15, 0.2) is 48.5 Å². The topological polar surface area (TPSA) is 49.4 Å². The summed E-state index contributed by atoms with van der Waals surface area (Å²) in [6, 6.07) is 14.3. The molecule has 1 aliphatic carbocycles. The molecule has 0 saturated heterocycles. The Labute approximate surface area is 195 Å². The first-order valence-electron chi connectivity index (χ1n) is 11.4. The first-order chi connectivity index (χ1) is 15.4. The monoisotopic (exact) mass is 456 g/mol. The van der Waals surface area contributed by atoms with Gasteiger partial charge >= 0.3 is 0 Å². The summed E-state index contributed by atoms with van der Waals surface area (Å²) in [7, 11) is 0. The molecule has 0 unspecified atom stereocenters. The van der Waals surface area contributed by atoms with Crippen LogP contribution in [0.4, 0.5) is 4.39 Å². The van der Waals surface area contributed by atoms with Gasteiger partial charge in [0.25, 0.3) is 0 Å². The number of carbonyl (C=O) groups excluding carboxylic acids is 2. The number of amides is 2. The lowest BCUT2D eigenvalue weighted by molar-refractivity contribution is -0.139. The van der Waals surface area contributed by atoms with Gasteiger partial charge in [-0.1, -0.05) is 67.3 Å². The van der Waals surface area contributed by atoms with E-state index in [0.29, 0.717) is 17.9 Å². The summed E-state index contributed by atoms with van der Waals surface area (Å²) in [5, 5.41) is 3.15. The van der Waals surface area contributed by atoms with E-state index in [0.717, 1.165) is 36.8 Å². The highest BCUT2D eigenvalue weighted by atomic mass is 32.2. The number of halogens is 1. The van der Waals surface area contributed by atoms with Crippen LogP contribution in [-0.4, -0.2) is 34.6 Å². The molecule has 0 aliphatic heterocycles. The van der Waals surface area contributed by atoms with Crippen LogP contribution >= 0.6 is 11.8 Å². The Morgan fingerprint density at radius 2 is 1.78 bits per heavy atom. The van der Waals surface area contributed by atoms with E-state index in [1.165, 1.54) is 24.2 Å². The molecule has 1 fully saturated rings. The third kappa shape index (κ3) is 7.09. The van der Waals surface area contributed by atoms with Crippen LogP contribution in [0.25, 0.3) is 0 Å². The number of thioether (sulfide) groups is 1. The van der Waals surface area contributed by atoms with Crippen molar-refractivity contribution in [2.45, 2.75) is 70.3 Å². The molecule has 1 atom stereocenters. The van der Waals surface area contributed by atoms with Crippen LogP contribution in [0.1, 0.15) is 55.7 Å². The standard InChI is InChI=1S/C26H33FN2O2S/c1-19-12-14-21(15-13-19)16-29(20(2)26(31)28-23-9-4-3-5-10-23)25(30)18-32-17-22-8-6-7-11-24(22)27/h6-8,11-15,20,23H,3-5,9-10,16-18H2,1-2H3,(H,28,31)/t20-/m1/s1. The van der Waals surface area contributed by atoms with Gasteiger partial charge in [0.2, 0.25) is 11.8 Å². The zero-order valence-corrected chi connectivity index (χ0v) is 19.8. The molecule has 1 saturated carbocycles. The van der Waals surface area contributed by atoms with Crippen molar-refractivity contribution < 1.29 is 14.0 Å². The third-order valence-corrected chi connectivity index (χ3v) is 7.00. The quantitative estimate of drug-likeness (QED) is 0.562. The Hall–Kier alpha value is -2.34. The summed E-state index contributed by atoms with van der Waals surface area (Å²) in [5.74, 6) is 0.139. The van der Waals surface area contributed by atoms with Crippen molar-refractivity contribution in [3.05, 3.63) is 71.0 Å². The van der Waals surface area contributed by atoms with Crippen LogP contribution in [-0.2, 0) is 21.9 Å². The number of benzene rings is 2. The van der Waals surface area contributed by atoms with E-state index < -0.39 is 6.04 Å². The smallest absolute Gasteiger partial charge is 0.242 e.